The number of likely N-dealkylation sites (N-methyl/N-ethyl adjacent to an activating group) is 1. The molecule has 3 heterocycles. The zero-order chi connectivity index (χ0) is 27.5. The molecule has 1 aliphatic carbocycles. The number of urea groups is 1. The number of imidazole rings is 1. The first-order chi connectivity index (χ1) is 19.5. The van der Waals surface area contributed by atoms with Gasteiger partial charge in [-0.15, -0.1) is 0 Å². The average Bonchev–Trinajstić information content (AvgIpc) is 3.72. The molecule has 2 aromatic carbocycles. The van der Waals surface area contributed by atoms with Crippen LogP contribution in [0.2, 0.25) is 0 Å². The molecule has 0 radical (unpaired) electrons. The lowest BCUT2D eigenvalue weighted by atomic mass is 10.2. The standard InChI is InChI=1S/C31H37N7O2/c1-36(21-29-35-27-9-5-6-10-28(27)37(29)2)25-17-18-38(20-25)24-14-11-22(12-15-24)33-31(39)34-23-13-16-30(32-19-23)40-26-7-3-4-8-26/h5-6,9-16,19,25-26H,3-4,7-8,17-18,20-21H2,1-2H3,(H2,33,34,39). The highest BCUT2D eigenvalue weighted by Gasteiger charge is 2.27. The smallest absolute Gasteiger partial charge is 0.323 e. The molecule has 0 bridgehead atoms. The Morgan fingerprint density at radius 2 is 1.75 bits per heavy atom. The van der Waals surface area contributed by atoms with Crippen LogP contribution in [0, 0.1) is 0 Å². The van der Waals surface area contributed by atoms with Crippen molar-refractivity contribution in [2.75, 3.05) is 35.7 Å². The quantitative estimate of drug-likeness (QED) is 0.301. The van der Waals surface area contributed by atoms with Crippen molar-refractivity contribution >= 4 is 34.1 Å². The SMILES string of the molecule is CN(Cc1nc2ccccc2n1C)C1CCN(c2ccc(NC(=O)Nc3ccc(OC4CCCC4)nc3)cc2)C1. The number of fused-ring (bicyclic) bond motifs is 1. The number of carbonyl (C=O) groups is 1. The summed E-state index contributed by atoms with van der Waals surface area (Å²) in [7, 11) is 4.28. The van der Waals surface area contributed by atoms with Gasteiger partial charge in [0.1, 0.15) is 11.9 Å². The molecule has 1 saturated heterocycles. The molecule has 4 aromatic rings. The summed E-state index contributed by atoms with van der Waals surface area (Å²) in [5, 5.41) is 5.75. The van der Waals surface area contributed by atoms with Crippen LogP contribution < -0.4 is 20.3 Å². The van der Waals surface area contributed by atoms with E-state index < -0.39 is 0 Å². The van der Waals surface area contributed by atoms with Gasteiger partial charge >= 0.3 is 6.03 Å². The molecule has 1 unspecified atom stereocenters. The molecule has 9 heteroatoms. The molecular formula is C31H37N7O2. The van der Waals surface area contributed by atoms with Crippen LogP contribution in [-0.2, 0) is 13.6 Å². The molecule has 9 nitrogen and oxygen atoms in total. The fourth-order valence-corrected chi connectivity index (χ4v) is 5.78. The summed E-state index contributed by atoms with van der Waals surface area (Å²) in [6.07, 6.45) is 7.59. The van der Waals surface area contributed by atoms with E-state index >= 15 is 0 Å². The average molecular weight is 540 g/mol. The van der Waals surface area contributed by atoms with Crippen molar-refractivity contribution in [1.82, 2.24) is 19.4 Å². The number of para-hydroxylation sites is 2. The Bertz CT molecular complexity index is 1450. The van der Waals surface area contributed by atoms with E-state index in [1.54, 1.807) is 6.20 Å². The van der Waals surface area contributed by atoms with Crippen LogP contribution in [0.15, 0.2) is 66.9 Å². The first-order valence-electron chi connectivity index (χ1n) is 14.2. The molecule has 1 atom stereocenters. The van der Waals surface area contributed by atoms with E-state index in [2.05, 4.69) is 74.4 Å². The number of hydrogen-bond acceptors (Lipinski definition) is 6. The van der Waals surface area contributed by atoms with Crippen LogP contribution in [-0.4, -0.2) is 57.7 Å². The van der Waals surface area contributed by atoms with Gasteiger partial charge in [0.2, 0.25) is 5.88 Å². The summed E-state index contributed by atoms with van der Waals surface area (Å²) in [6, 6.07) is 20.1. The molecule has 208 valence electrons. The Kier molecular flexibility index (Phi) is 7.55. The van der Waals surface area contributed by atoms with Gasteiger partial charge in [0.05, 0.1) is 29.5 Å². The maximum Gasteiger partial charge on any atom is 0.323 e. The van der Waals surface area contributed by atoms with E-state index in [0.29, 0.717) is 17.6 Å². The predicted octanol–water partition coefficient (Wildman–Crippen LogP) is 5.64. The molecule has 40 heavy (non-hydrogen) atoms. The number of aryl methyl sites for hydroxylation is 1. The monoisotopic (exact) mass is 539 g/mol. The number of aromatic nitrogens is 3. The Morgan fingerprint density at radius 1 is 1.00 bits per heavy atom. The molecule has 2 N–H and O–H groups in total. The zero-order valence-corrected chi connectivity index (χ0v) is 23.2. The largest absolute Gasteiger partial charge is 0.474 e. The highest BCUT2D eigenvalue weighted by molar-refractivity contribution is 5.99. The Labute approximate surface area is 235 Å². The van der Waals surface area contributed by atoms with E-state index in [1.165, 1.54) is 18.4 Å². The van der Waals surface area contributed by atoms with E-state index in [1.807, 2.05) is 30.3 Å². The van der Waals surface area contributed by atoms with Crippen molar-refractivity contribution in [3.8, 4) is 5.88 Å². The minimum absolute atomic E-state index is 0.261. The third kappa shape index (κ3) is 5.89. The van der Waals surface area contributed by atoms with Crippen LogP contribution >= 0.6 is 0 Å². The molecule has 0 spiro atoms. The van der Waals surface area contributed by atoms with Crippen molar-refractivity contribution in [3.63, 3.8) is 0 Å². The zero-order valence-electron chi connectivity index (χ0n) is 23.2. The molecule has 2 aliphatic rings. The fourth-order valence-electron chi connectivity index (χ4n) is 5.78. The van der Waals surface area contributed by atoms with Gasteiger partial charge in [0.25, 0.3) is 0 Å². The minimum atomic E-state index is -0.302. The normalized spacial score (nSPS) is 17.6. The molecule has 1 saturated carbocycles. The number of pyridine rings is 1. The van der Waals surface area contributed by atoms with Gasteiger partial charge in [0, 0.05) is 43.6 Å². The van der Waals surface area contributed by atoms with Crippen LogP contribution in [0.5, 0.6) is 5.88 Å². The van der Waals surface area contributed by atoms with Gasteiger partial charge in [-0.2, -0.15) is 0 Å². The summed E-state index contributed by atoms with van der Waals surface area (Å²) in [4.78, 5) is 26.5. The van der Waals surface area contributed by atoms with Gasteiger partial charge < -0.3 is 24.8 Å². The maximum atomic E-state index is 12.5. The van der Waals surface area contributed by atoms with Crippen molar-refractivity contribution in [2.24, 2.45) is 7.05 Å². The van der Waals surface area contributed by atoms with Crippen molar-refractivity contribution in [1.29, 1.82) is 0 Å². The van der Waals surface area contributed by atoms with Crippen LogP contribution in [0.4, 0.5) is 21.9 Å². The lowest BCUT2D eigenvalue weighted by Crippen LogP contribution is -2.34. The number of carbonyl (C=O) groups excluding carboxylic acids is 1. The molecule has 2 fully saturated rings. The first-order valence-corrected chi connectivity index (χ1v) is 14.2. The summed E-state index contributed by atoms with van der Waals surface area (Å²) >= 11 is 0. The molecule has 6 rings (SSSR count). The van der Waals surface area contributed by atoms with E-state index in [9.17, 15) is 4.79 Å². The maximum absolute atomic E-state index is 12.5. The topological polar surface area (TPSA) is 87.6 Å². The lowest BCUT2D eigenvalue weighted by molar-refractivity contribution is 0.201. The molecule has 2 aromatic heterocycles. The van der Waals surface area contributed by atoms with Crippen molar-refractivity contribution in [3.05, 3.63) is 72.7 Å². The molecule has 2 amide bonds. The van der Waals surface area contributed by atoms with Crippen LogP contribution in [0.1, 0.15) is 37.9 Å². The van der Waals surface area contributed by atoms with Crippen molar-refractivity contribution in [2.45, 2.75) is 50.8 Å². The highest BCUT2D eigenvalue weighted by Crippen LogP contribution is 2.26. The number of rotatable bonds is 8. The highest BCUT2D eigenvalue weighted by atomic mass is 16.5. The van der Waals surface area contributed by atoms with Gasteiger partial charge in [-0.05, 0) is 81.6 Å². The summed E-state index contributed by atoms with van der Waals surface area (Å²) in [5.41, 5.74) is 4.73. The number of hydrogen-bond donors (Lipinski definition) is 2. The Balaban J connectivity index is 0.988. The number of ether oxygens (including phenoxy) is 1. The second kappa shape index (κ2) is 11.6. The van der Waals surface area contributed by atoms with Gasteiger partial charge in [-0.1, -0.05) is 12.1 Å². The summed E-state index contributed by atoms with van der Waals surface area (Å²) < 4.78 is 8.09. The predicted molar refractivity (Wildman–Crippen MR) is 159 cm³/mol. The third-order valence-electron chi connectivity index (χ3n) is 8.13. The number of amides is 2. The summed E-state index contributed by atoms with van der Waals surface area (Å²) in [5.74, 6) is 1.69. The fraction of sp³-hybridized carbons (Fsp3) is 0.387. The van der Waals surface area contributed by atoms with Crippen LogP contribution in [0.3, 0.4) is 0 Å². The van der Waals surface area contributed by atoms with Gasteiger partial charge in [0.15, 0.2) is 0 Å². The summed E-state index contributed by atoms with van der Waals surface area (Å²) in [6.45, 7) is 2.77. The molecular weight excluding hydrogens is 502 g/mol. The second-order valence-corrected chi connectivity index (χ2v) is 10.9. The van der Waals surface area contributed by atoms with E-state index in [0.717, 1.165) is 61.6 Å². The van der Waals surface area contributed by atoms with E-state index in [-0.39, 0.29) is 12.1 Å². The number of anilines is 3. The number of benzene rings is 2. The van der Waals surface area contributed by atoms with Crippen LogP contribution in [0.25, 0.3) is 11.0 Å². The number of nitrogens with one attached hydrogen (secondary N) is 2. The Hall–Kier alpha value is -4.11. The van der Waals surface area contributed by atoms with E-state index in [4.69, 9.17) is 9.72 Å². The van der Waals surface area contributed by atoms with Crippen molar-refractivity contribution < 1.29 is 9.53 Å². The second-order valence-electron chi connectivity index (χ2n) is 10.9. The Morgan fingerprint density at radius 3 is 2.50 bits per heavy atom. The first kappa shape index (κ1) is 26.1. The van der Waals surface area contributed by atoms with Gasteiger partial charge in [-0.25, -0.2) is 14.8 Å². The minimum Gasteiger partial charge on any atom is -0.474 e. The lowest BCUT2D eigenvalue weighted by Gasteiger charge is -2.25. The number of nitrogens with zero attached hydrogens (tertiary/aromatic N) is 5. The molecule has 1 aliphatic heterocycles. The third-order valence-corrected chi connectivity index (χ3v) is 8.13. The van der Waals surface area contributed by atoms with Gasteiger partial charge in [-0.3, -0.25) is 4.90 Å².